The summed E-state index contributed by atoms with van der Waals surface area (Å²) < 4.78 is 0. The topological polar surface area (TPSA) is 3.24 Å². The van der Waals surface area contributed by atoms with Gasteiger partial charge in [-0.25, -0.2) is 0 Å². The lowest BCUT2D eigenvalue weighted by atomic mass is 9.70. The van der Waals surface area contributed by atoms with E-state index in [4.69, 9.17) is 6.42 Å². The van der Waals surface area contributed by atoms with E-state index in [1.54, 1.807) is 0 Å². The van der Waals surface area contributed by atoms with Gasteiger partial charge >= 0.3 is 0 Å². The fraction of sp³-hybridized carbons (Fsp3) is 0.405. The van der Waals surface area contributed by atoms with Crippen LogP contribution in [0.15, 0.2) is 60.7 Å². The Balaban J connectivity index is 1.75. The number of fused-ring (bicyclic) bond motifs is 3. The molecule has 0 spiro atoms. The maximum atomic E-state index is 5.89. The average Bonchev–Trinajstić information content (AvgIpc) is 3.21. The number of anilines is 1. The van der Waals surface area contributed by atoms with Crippen molar-refractivity contribution in [3.63, 3.8) is 0 Å². The Morgan fingerprint density at radius 1 is 0.632 bits per heavy atom. The molecule has 0 amide bonds. The van der Waals surface area contributed by atoms with Crippen molar-refractivity contribution in [3.8, 4) is 35.3 Å². The molecule has 38 heavy (non-hydrogen) atoms. The minimum Gasteiger partial charge on any atom is -0.378 e. The Kier molecular flexibility index (Phi) is 9.37. The third kappa shape index (κ3) is 6.00. The van der Waals surface area contributed by atoms with Crippen LogP contribution in [0.4, 0.5) is 5.69 Å². The SMILES string of the molecule is C#Cc1ccc2c(c1)C(CCCCCC)(CCCCCC)c1cc(C#Cc3ccc(N(C)C)cc3)ccc1-2. The van der Waals surface area contributed by atoms with Crippen molar-refractivity contribution < 1.29 is 0 Å². The third-order valence-corrected chi connectivity index (χ3v) is 8.18. The van der Waals surface area contributed by atoms with E-state index in [0.29, 0.717) is 0 Å². The maximum Gasteiger partial charge on any atom is 0.0361 e. The molecule has 196 valence electrons. The maximum absolute atomic E-state index is 5.89. The minimum absolute atomic E-state index is 0.0179. The van der Waals surface area contributed by atoms with E-state index in [1.807, 2.05) is 0 Å². The molecule has 3 aromatic rings. The molecule has 4 rings (SSSR count). The predicted octanol–water partition coefficient (Wildman–Crippen LogP) is 9.34. The zero-order valence-electron chi connectivity index (χ0n) is 23.9. The van der Waals surface area contributed by atoms with Gasteiger partial charge in [-0.2, -0.15) is 0 Å². The molecular formula is C37H43N. The van der Waals surface area contributed by atoms with Gasteiger partial charge in [-0.1, -0.05) is 95.1 Å². The Morgan fingerprint density at radius 2 is 1.13 bits per heavy atom. The van der Waals surface area contributed by atoms with Gasteiger partial charge in [0, 0.05) is 41.9 Å². The minimum atomic E-state index is 0.0179. The van der Waals surface area contributed by atoms with E-state index in [0.717, 1.165) is 16.7 Å². The highest BCUT2D eigenvalue weighted by molar-refractivity contribution is 5.82. The van der Waals surface area contributed by atoms with E-state index in [2.05, 4.69) is 111 Å². The molecule has 0 saturated heterocycles. The van der Waals surface area contributed by atoms with Gasteiger partial charge in [0.2, 0.25) is 0 Å². The van der Waals surface area contributed by atoms with Crippen LogP contribution >= 0.6 is 0 Å². The fourth-order valence-corrected chi connectivity index (χ4v) is 6.02. The monoisotopic (exact) mass is 501 g/mol. The van der Waals surface area contributed by atoms with Crippen LogP contribution in [0.25, 0.3) is 11.1 Å². The van der Waals surface area contributed by atoms with Crippen molar-refractivity contribution in [3.05, 3.63) is 88.5 Å². The lowest BCUT2D eigenvalue weighted by Crippen LogP contribution is -2.26. The summed E-state index contributed by atoms with van der Waals surface area (Å²) >= 11 is 0. The van der Waals surface area contributed by atoms with Gasteiger partial charge in [-0.3, -0.25) is 0 Å². The summed E-state index contributed by atoms with van der Waals surface area (Å²) in [6, 6.07) is 22.1. The summed E-state index contributed by atoms with van der Waals surface area (Å²) in [4.78, 5) is 2.11. The van der Waals surface area contributed by atoms with E-state index in [9.17, 15) is 0 Å². The van der Waals surface area contributed by atoms with Crippen LogP contribution in [0.5, 0.6) is 0 Å². The van der Waals surface area contributed by atoms with Gasteiger partial charge in [-0.15, -0.1) is 6.42 Å². The molecule has 1 nitrogen and oxygen atoms in total. The van der Waals surface area contributed by atoms with Crippen LogP contribution in [0.2, 0.25) is 0 Å². The number of hydrogen-bond acceptors (Lipinski definition) is 1. The second-order valence-electron chi connectivity index (χ2n) is 11.1. The van der Waals surface area contributed by atoms with Gasteiger partial charge in [-0.05, 0) is 83.6 Å². The molecular weight excluding hydrogens is 458 g/mol. The zero-order valence-corrected chi connectivity index (χ0v) is 23.9. The fourth-order valence-electron chi connectivity index (χ4n) is 6.02. The average molecular weight is 502 g/mol. The molecule has 0 N–H and O–H groups in total. The molecule has 3 aromatic carbocycles. The number of rotatable bonds is 11. The molecule has 0 saturated carbocycles. The van der Waals surface area contributed by atoms with Crippen molar-refractivity contribution in [2.75, 3.05) is 19.0 Å². The van der Waals surface area contributed by atoms with Crippen LogP contribution in [0, 0.1) is 24.2 Å². The van der Waals surface area contributed by atoms with Crippen LogP contribution in [-0.2, 0) is 5.41 Å². The molecule has 0 heterocycles. The lowest BCUT2D eigenvalue weighted by molar-refractivity contribution is 0.401. The molecule has 0 aliphatic heterocycles. The lowest BCUT2D eigenvalue weighted by Gasteiger charge is -2.33. The highest BCUT2D eigenvalue weighted by atomic mass is 15.1. The second-order valence-corrected chi connectivity index (χ2v) is 11.1. The number of benzene rings is 3. The number of hydrogen-bond donors (Lipinski definition) is 0. The Bertz CT molecular complexity index is 1310. The van der Waals surface area contributed by atoms with Crippen molar-refractivity contribution in [2.24, 2.45) is 0 Å². The van der Waals surface area contributed by atoms with E-state index in [-0.39, 0.29) is 5.41 Å². The Morgan fingerprint density at radius 3 is 1.66 bits per heavy atom. The molecule has 0 fully saturated rings. The van der Waals surface area contributed by atoms with Gasteiger partial charge in [0.05, 0.1) is 0 Å². The first kappa shape index (κ1) is 27.6. The quantitative estimate of drug-likeness (QED) is 0.187. The summed E-state index contributed by atoms with van der Waals surface area (Å²) in [7, 11) is 4.12. The summed E-state index contributed by atoms with van der Waals surface area (Å²) in [5.74, 6) is 9.80. The summed E-state index contributed by atoms with van der Waals surface area (Å²) in [5, 5.41) is 0. The molecule has 1 aliphatic carbocycles. The molecule has 0 aromatic heterocycles. The smallest absolute Gasteiger partial charge is 0.0361 e. The van der Waals surface area contributed by atoms with Crippen molar-refractivity contribution in [1.82, 2.24) is 0 Å². The van der Waals surface area contributed by atoms with Gasteiger partial charge < -0.3 is 4.90 Å². The molecule has 0 unspecified atom stereocenters. The van der Waals surface area contributed by atoms with Crippen molar-refractivity contribution in [2.45, 2.75) is 83.5 Å². The highest BCUT2D eigenvalue weighted by Crippen LogP contribution is 2.54. The van der Waals surface area contributed by atoms with E-state index in [1.165, 1.54) is 92.1 Å². The first-order valence-electron chi connectivity index (χ1n) is 14.6. The number of unbranched alkanes of at least 4 members (excludes halogenated alkanes) is 6. The largest absolute Gasteiger partial charge is 0.378 e. The van der Waals surface area contributed by atoms with Gasteiger partial charge in [0.1, 0.15) is 0 Å². The predicted molar refractivity (Wildman–Crippen MR) is 165 cm³/mol. The van der Waals surface area contributed by atoms with Crippen LogP contribution in [0.3, 0.4) is 0 Å². The highest BCUT2D eigenvalue weighted by Gasteiger charge is 2.42. The molecule has 1 heteroatoms. The Hall–Kier alpha value is -3.42. The molecule has 1 aliphatic rings. The van der Waals surface area contributed by atoms with Crippen LogP contribution in [0.1, 0.15) is 106 Å². The number of nitrogens with zero attached hydrogens (tertiary/aromatic N) is 1. The van der Waals surface area contributed by atoms with Gasteiger partial charge in [0.25, 0.3) is 0 Å². The van der Waals surface area contributed by atoms with Crippen molar-refractivity contribution >= 4 is 5.69 Å². The molecule has 0 atom stereocenters. The first-order valence-corrected chi connectivity index (χ1v) is 14.6. The molecule has 0 bridgehead atoms. The summed E-state index contributed by atoms with van der Waals surface area (Å²) in [6.07, 6.45) is 18.4. The summed E-state index contributed by atoms with van der Waals surface area (Å²) in [6.45, 7) is 4.58. The number of terminal acetylenes is 1. The molecule has 0 radical (unpaired) electrons. The second kappa shape index (κ2) is 12.9. The standard InChI is InChI=1S/C37H43N/c1-6-9-11-13-25-37(26-14-12-10-7-2)35-27-29(8-3)19-23-33(35)34-24-20-31(28-36(34)37)16-15-30-17-21-32(22-18-30)38(4)5/h3,17-24,27-28H,6-7,9-14,25-26H2,1-2,4-5H3. The summed E-state index contributed by atoms with van der Waals surface area (Å²) in [5.41, 5.74) is 9.98. The third-order valence-electron chi connectivity index (χ3n) is 8.18. The van der Waals surface area contributed by atoms with Crippen LogP contribution in [-0.4, -0.2) is 14.1 Å². The van der Waals surface area contributed by atoms with Gasteiger partial charge in [0.15, 0.2) is 0 Å². The normalized spacial score (nSPS) is 12.7. The zero-order chi connectivity index (χ0) is 27.0. The Labute approximate surface area is 231 Å². The van der Waals surface area contributed by atoms with E-state index < -0.39 is 0 Å². The van der Waals surface area contributed by atoms with E-state index >= 15 is 0 Å². The van der Waals surface area contributed by atoms with Crippen molar-refractivity contribution in [1.29, 1.82) is 0 Å². The first-order chi connectivity index (χ1) is 18.5. The van der Waals surface area contributed by atoms with Crippen LogP contribution < -0.4 is 4.90 Å².